The summed E-state index contributed by atoms with van der Waals surface area (Å²) in [5.41, 5.74) is 3.68. The van der Waals surface area contributed by atoms with Crippen molar-refractivity contribution in [2.45, 2.75) is 13.8 Å². The molecule has 0 aliphatic rings. The van der Waals surface area contributed by atoms with Crippen LogP contribution in [0, 0.1) is 13.8 Å². The fourth-order valence-electron chi connectivity index (χ4n) is 2.35. The summed E-state index contributed by atoms with van der Waals surface area (Å²) in [6.45, 7) is 4.03. The molecule has 0 unspecified atom stereocenters. The van der Waals surface area contributed by atoms with Crippen LogP contribution in [-0.4, -0.2) is 15.9 Å². The Kier molecular flexibility index (Phi) is 5.40. The summed E-state index contributed by atoms with van der Waals surface area (Å²) in [4.78, 5) is 20.9. The quantitative estimate of drug-likeness (QED) is 0.629. The van der Waals surface area contributed by atoms with Crippen LogP contribution in [0.3, 0.4) is 0 Å². The van der Waals surface area contributed by atoms with Gasteiger partial charge >= 0.3 is 0 Å². The standard InChI is InChI=1S/C19H16Cl2N4O/c1-11-5-3-8-15(12(11)2)23-19-22-10-9-16(24-19)18(26)25-17-13(20)6-4-7-14(17)21/h3-10H,1-2H3,(H,25,26)(H,22,23,24). The van der Waals surface area contributed by atoms with E-state index in [4.69, 9.17) is 23.2 Å². The molecule has 3 rings (SSSR count). The third-order valence-electron chi connectivity index (χ3n) is 3.94. The molecule has 0 spiro atoms. The van der Waals surface area contributed by atoms with E-state index in [1.807, 2.05) is 32.0 Å². The molecule has 7 heteroatoms. The Bertz CT molecular complexity index is 955. The molecule has 0 saturated heterocycles. The van der Waals surface area contributed by atoms with Crippen LogP contribution in [-0.2, 0) is 0 Å². The van der Waals surface area contributed by atoms with Crippen molar-refractivity contribution in [1.29, 1.82) is 0 Å². The highest BCUT2D eigenvalue weighted by Crippen LogP contribution is 2.30. The number of hydrogen-bond donors (Lipinski definition) is 2. The summed E-state index contributed by atoms with van der Waals surface area (Å²) in [6.07, 6.45) is 1.52. The molecular weight excluding hydrogens is 371 g/mol. The van der Waals surface area contributed by atoms with Crippen LogP contribution in [0.5, 0.6) is 0 Å². The summed E-state index contributed by atoms with van der Waals surface area (Å²) in [7, 11) is 0. The minimum Gasteiger partial charge on any atom is -0.324 e. The number of carbonyl (C=O) groups is 1. The van der Waals surface area contributed by atoms with Crippen molar-refractivity contribution in [2.24, 2.45) is 0 Å². The van der Waals surface area contributed by atoms with Crippen molar-refractivity contribution in [3.8, 4) is 0 Å². The number of halogens is 2. The molecule has 0 atom stereocenters. The van der Waals surface area contributed by atoms with Gasteiger partial charge in [0.2, 0.25) is 5.95 Å². The lowest BCUT2D eigenvalue weighted by molar-refractivity contribution is 0.102. The predicted molar refractivity (Wildman–Crippen MR) is 106 cm³/mol. The first-order chi connectivity index (χ1) is 12.5. The third kappa shape index (κ3) is 3.95. The number of para-hydroxylation sites is 1. The maximum atomic E-state index is 12.5. The lowest BCUT2D eigenvalue weighted by Crippen LogP contribution is -2.15. The summed E-state index contributed by atoms with van der Waals surface area (Å²) < 4.78 is 0. The van der Waals surface area contributed by atoms with E-state index in [0.29, 0.717) is 21.7 Å². The molecule has 5 nitrogen and oxygen atoms in total. The van der Waals surface area contributed by atoms with Crippen molar-refractivity contribution in [2.75, 3.05) is 10.6 Å². The molecule has 2 N–H and O–H groups in total. The van der Waals surface area contributed by atoms with Gasteiger partial charge in [-0.3, -0.25) is 4.79 Å². The molecule has 0 saturated carbocycles. The molecule has 1 heterocycles. The second-order valence-electron chi connectivity index (χ2n) is 5.69. The number of anilines is 3. The predicted octanol–water partition coefficient (Wildman–Crippen LogP) is 5.40. The molecule has 1 amide bonds. The molecule has 0 fully saturated rings. The maximum Gasteiger partial charge on any atom is 0.274 e. The number of hydrogen-bond acceptors (Lipinski definition) is 4. The van der Waals surface area contributed by atoms with Gasteiger partial charge in [0, 0.05) is 11.9 Å². The minimum absolute atomic E-state index is 0.198. The average molecular weight is 387 g/mol. The monoisotopic (exact) mass is 386 g/mol. The minimum atomic E-state index is -0.425. The molecule has 3 aromatic rings. The normalized spacial score (nSPS) is 10.5. The molecule has 0 bridgehead atoms. The van der Waals surface area contributed by atoms with Crippen molar-refractivity contribution in [3.05, 3.63) is 75.5 Å². The first kappa shape index (κ1) is 18.2. The Labute approximate surface area is 161 Å². The van der Waals surface area contributed by atoms with Gasteiger partial charge in [-0.2, -0.15) is 0 Å². The van der Waals surface area contributed by atoms with Crippen LogP contribution in [0.1, 0.15) is 21.6 Å². The van der Waals surface area contributed by atoms with E-state index in [1.54, 1.807) is 18.2 Å². The number of nitrogens with one attached hydrogen (secondary N) is 2. The highest BCUT2D eigenvalue weighted by molar-refractivity contribution is 6.40. The highest BCUT2D eigenvalue weighted by atomic mass is 35.5. The zero-order valence-electron chi connectivity index (χ0n) is 14.2. The van der Waals surface area contributed by atoms with Crippen LogP contribution in [0.25, 0.3) is 0 Å². The van der Waals surface area contributed by atoms with Crippen molar-refractivity contribution < 1.29 is 4.79 Å². The van der Waals surface area contributed by atoms with Gasteiger partial charge in [0.1, 0.15) is 5.69 Å². The van der Waals surface area contributed by atoms with Crippen molar-refractivity contribution >= 4 is 46.4 Å². The van der Waals surface area contributed by atoms with Gasteiger partial charge in [0.15, 0.2) is 0 Å². The van der Waals surface area contributed by atoms with Gasteiger partial charge in [-0.05, 0) is 49.2 Å². The van der Waals surface area contributed by atoms with Crippen LogP contribution in [0.2, 0.25) is 10.0 Å². The van der Waals surface area contributed by atoms with Gasteiger partial charge in [-0.1, -0.05) is 41.4 Å². The molecule has 0 aliphatic carbocycles. The van der Waals surface area contributed by atoms with Gasteiger partial charge < -0.3 is 10.6 Å². The van der Waals surface area contributed by atoms with E-state index in [2.05, 4.69) is 20.6 Å². The first-order valence-electron chi connectivity index (χ1n) is 7.87. The number of benzene rings is 2. The molecule has 0 aliphatic heterocycles. The fourth-order valence-corrected chi connectivity index (χ4v) is 2.84. The number of nitrogens with zero attached hydrogens (tertiary/aromatic N) is 2. The largest absolute Gasteiger partial charge is 0.324 e. The van der Waals surface area contributed by atoms with Gasteiger partial charge in [0.25, 0.3) is 5.91 Å². The van der Waals surface area contributed by atoms with Gasteiger partial charge in [0.05, 0.1) is 15.7 Å². The Hall–Kier alpha value is -2.63. The summed E-state index contributed by atoms with van der Waals surface area (Å²) in [6, 6.07) is 12.4. The van der Waals surface area contributed by atoms with Crippen LogP contribution < -0.4 is 10.6 Å². The molecule has 26 heavy (non-hydrogen) atoms. The van der Waals surface area contributed by atoms with E-state index in [9.17, 15) is 4.79 Å². The number of carbonyl (C=O) groups excluding carboxylic acids is 1. The molecular formula is C19H16Cl2N4O. The number of rotatable bonds is 4. The van der Waals surface area contributed by atoms with Crippen LogP contribution >= 0.6 is 23.2 Å². The number of amides is 1. The lowest BCUT2D eigenvalue weighted by atomic mass is 10.1. The third-order valence-corrected chi connectivity index (χ3v) is 4.57. The lowest BCUT2D eigenvalue weighted by Gasteiger charge is -2.11. The van der Waals surface area contributed by atoms with Crippen LogP contribution in [0.4, 0.5) is 17.3 Å². The van der Waals surface area contributed by atoms with Gasteiger partial charge in [-0.25, -0.2) is 9.97 Å². The summed E-state index contributed by atoms with van der Waals surface area (Å²) in [5, 5.41) is 6.54. The number of aromatic nitrogens is 2. The smallest absolute Gasteiger partial charge is 0.274 e. The average Bonchev–Trinajstić information content (AvgIpc) is 2.62. The molecule has 132 valence electrons. The Morgan fingerprint density at radius 2 is 1.69 bits per heavy atom. The van der Waals surface area contributed by atoms with E-state index in [-0.39, 0.29) is 5.69 Å². The zero-order valence-corrected chi connectivity index (χ0v) is 15.7. The summed E-state index contributed by atoms with van der Waals surface area (Å²) >= 11 is 12.2. The van der Waals surface area contributed by atoms with Gasteiger partial charge in [-0.15, -0.1) is 0 Å². The SMILES string of the molecule is Cc1cccc(Nc2nccc(C(=O)Nc3c(Cl)cccc3Cl)n2)c1C. The maximum absolute atomic E-state index is 12.5. The Morgan fingerprint density at radius 1 is 1.00 bits per heavy atom. The highest BCUT2D eigenvalue weighted by Gasteiger charge is 2.14. The summed E-state index contributed by atoms with van der Waals surface area (Å²) in [5.74, 6) is -0.0944. The molecule has 2 aromatic carbocycles. The molecule has 0 radical (unpaired) electrons. The first-order valence-corrected chi connectivity index (χ1v) is 8.63. The van der Waals surface area contributed by atoms with E-state index < -0.39 is 5.91 Å². The van der Waals surface area contributed by atoms with E-state index in [0.717, 1.165) is 16.8 Å². The number of aryl methyl sites for hydroxylation is 1. The van der Waals surface area contributed by atoms with Crippen molar-refractivity contribution in [3.63, 3.8) is 0 Å². The fraction of sp³-hybridized carbons (Fsp3) is 0.105. The van der Waals surface area contributed by atoms with E-state index in [1.165, 1.54) is 12.3 Å². The zero-order chi connectivity index (χ0) is 18.7. The Morgan fingerprint density at radius 3 is 2.42 bits per heavy atom. The topological polar surface area (TPSA) is 66.9 Å². The van der Waals surface area contributed by atoms with Crippen molar-refractivity contribution in [1.82, 2.24) is 9.97 Å². The van der Waals surface area contributed by atoms with Crippen LogP contribution in [0.15, 0.2) is 48.7 Å². The molecule has 1 aromatic heterocycles. The Balaban J connectivity index is 1.83. The second kappa shape index (κ2) is 7.72. The van der Waals surface area contributed by atoms with E-state index >= 15 is 0 Å². The second-order valence-corrected chi connectivity index (χ2v) is 6.50.